The van der Waals surface area contributed by atoms with Crippen LogP contribution >= 0.6 is 12.6 Å². The topological polar surface area (TPSA) is 43.1 Å². The van der Waals surface area contributed by atoms with Gasteiger partial charge in [-0.2, -0.15) is 0 Å². The van der Waals surface area contributed by atoms with Gasteiger partial charge in [0.25, 0.3) is 5.24 Å². The fourth-order valence-corrected chi connectivity index (χ4v) is 0. The Hall–Kier alpha value is 0.820. The molecular weight excluding hydrogens is 109 g/mol. The van der Waals surface area contributed by atoms with Crippen molar-refractivity contribution in [3.63, 3.8) is 0 Å². The van der Waals surface area contributed by atoms with E-state index in [1.54, 1.807) is 0 Å². The van der Waals surface area contributed by atoms with Gasteiger partial charge in [-0.1, -0.05) is 20.1 Å². The molecule has 0 aromatic carbocycles. The smallest absolute Gasteiger partial charge is 1.00 e. The molecule has 0 saturated carbocycles. The summed E-state index contributed by atoms with van der Waals surface area (Å²) in [6.07, 6.45) is 0. The molecule has 0 aliphatic heterocycles. The number of rotatable bonds is 0. The van der Waals surface area contributed by atoms with Crippen LogP contribution in [0.4, 0.5) is 4.79 Å². The molecular formula is C2H8NNaOS. The third kappa shape index (κ3) is 105. The first-order valence-corrected chi connectivity index (χ1v) is 1.16. The van der Waals surface area contributed by atoms with E-state index in [9.17, 15) is 0 Å². The second-order valence-electron chi connectivity index (χ2n) is 0.338. The molecule has 0 unspecified atom stereocenters. The summed E-state index contributed by atoms with van der Waals surface area (Å²) in [5, 5.41) is -0.639. The summed E-state index contributed by atoms with van der Waals surface area (Å²) in [6.45, 7) is 0. The van der Waals surface area contributed by atoms with Crippen LogP contribution in [0.1, 0.15) is 8.85 Å². The summed E-state index contributed by atoms with van der Waals surface area (Å²) in [5.74, 6) is 0. The van der Waals surface area contributed by atoms with Gasteiger partial charge in [0.1, 0.15) is 0 Å². The molecule has 0 fully saturated rings. The SMILES string of the molecule is C.NC(=O)S.[H-].[Na+]. The molecule has 2 N–H and O–H groups in total. The van der Waals surface area contributed by atoms with Crippen LogP contribution in [0.3, 0.4) is 0 Å². The molecule has 0 aromatic rings. The number of carbonyl (C=O) groups excluding carboxylic acids is 1. The van der Waals surface area contributed by atoms with Crippen LogP contribution in [0.15, 0.2) is 0 Å². The van der Waals surface area contributed by atoms with Crippen molar-refractivity contribution in [1.82, 2.24) is 0 Å². The van der Waals surface area contributed by atoms with E-state index in [1.165, 1.54) is 0 Å². The monoisotopic (exact) mass is 117 g/mol. The normalized spacial score (nSPS) is 4.17. The Morgan fingerprint density at radius 3 is 1.83 bits per heavy atom. The van der Waals surface area contributed by atoms with Crippen molar-refractivity contribution in [2.75, 3.05) is 0 Å². The van der Waals surface area contributed by atoms with Crippen molar-refractivity contribution in [3.05, 3.63) is 0 Å². The minimum atomic E-state index is -0.639. The predicted octanol–water partition coefficient (Wildman–Crippen LogP) is -2.25. The number of carbonyl (C=O) groups is 1. The maximum absolute atomic E-state index is 9.09. The van der Waals surface area contributed by atoms with E-state index in [2.05, 4.69) is 18.4 Å². The summed E-state index contributed by atoms with van der Waals surface area (Å²) in [4.78, 5) is 9.09. The van der Waals surface area contributed by atoms with Gasteiger partial charge in [-0.3, -0.25) is 4.79 Å². The molecule has 0 radical (unpaired) electrons. The zero-order valence-corrected chi connectivity index (χ0v) is 5.83. The van der Waals surface area contributed by atoms with Crippen molar-refractivity contribution in [2.45, 2.75) is 7.43 Å². The maximum Gasteiger partial charge on any atom is 1.00 e. The number of thiol groups is 1. The number of amides is 1. The third-order valence-corrected chi connectivity index (χ3v) is 0. The van der Waals surface area contributed by atoms with E-state index in [1.807, 2.05) is 0 Å². The quantitative estimate of drug-likeness (QED) is 0.273. The van der Waals surface area contributed by atoms with Gasteiger partial charge in [-0.15, -0.1) is 0 Å². The zero-order valence-electron chi connectivity index (χ0n) is 3.93. The number of primary amides is 1. The summed E-state index contributed by atoms with van der Waals surface area (Å²) in [5.41, 5.74) is 4.34. The molecule has 0 aromatic heterocycles. The van der Waals surface area contributed by atoms with Crippen LogP contribution < -0.4 is 35.3 Å². The van der Waals surface area contributed by atoms with Gasteiger partial charge in [0.2, 0.25) is 0 Å². The van der Waals surface area contributed by atoms with Crippen molar-refractivity contribution < 1.29 is 35.8 Å². The van der Waals surface area contributed by atoms with Crippen LogP contribution in [-0.2, 0) is 0 Å². The first-order valence-electron chi connectivity index (χ1n) is 0.716. The van der Waals surface area contributed by atoms with E-state index >= 15 is 0 Å². The Balaban J connectivity index is -0.0000000150. The summed E-state index contributed by atoms with van der Waals surface area (Å²) < 4.78 is 0. The fourth-order valence-electron chi connectivity index (χ4n) is 0. The molecule has 0 spiro atoms. The van der Waals surface area contributed by atoms with Gasteiger partial charge in [0, 0.05) is 0 Å². The van der Waals surface area contributed by atoms with E-state index < -0.39 is 5.24 Å². The summed E-state index contributed by atoms with van der Waals surface area (Å²) in [6, 6.07) is 0. The molecule has 0 bridgehead atoms. The van der Waals surface area contributed by atoms with Gasteiger partial charge in [-0.25, -0.2) is 0 Å². The Morgan fingerprint density at radius 2 is 1.83 bits per heavy atom. The van der Waals surface area contributed by atoms with Crippen LogP contribution in [0, 0.1) is 0 Å². The van der Waals surface area contributed by atoms with Crippen molar-refractivity contribution in [1.29, 1.82) is 0 Å². The first kappa shape index (κ1) is 15.8. The van der Waals surface area contributed by atoms with E-state index in [0.29, 0.717) is 0 Å². The van der Waals surface area contributed by atoms with Crippen LogP contribution in [0.2, 0.25) is 0 Å². The molecule has 1 amide bonds. The third-order valence-electron chi connectivity index (χ3n) is 0. The fraction of sp³-hybridized carbons (Fsp3) is 0.500. The predicted molar refractivity (Wildman–Crippen MR) is 26.4 cm³/mol. The molecule has 0 atom stereocenters. The Kier molecular flexibility index (Phi) is 24.4. The standard InChI is InChI=1S/CH3NOS.CH4.Na.H/c2-1(3)4;;;/h(H3,2,3,4);1H4;;/q;;+1;-1. The van der Waals surface area contributed by atoms with E-state index in [0.717, 1.165) is 0 Å². The molecule has 0 saturated heterocycles. The van der Waals surface area contributed by atoms with Crippen molar-refractivity contribution >= 4 is 17.9 Å². The summed E-state index contributed by atoms with van der Waals surface area (Å²) >= 11 is 3.10. The van der Waals surface area contributed by atoms with Crippen LogP contribution in [0.25, 0.3) is 0 Å². The molecule has 0 aliphatic carbocycles. The van der Waals surface area contributed by atoms with E-state index in [4.69, 9.17) is 4.79 Å². The minimum absolute atomic E-state index is 0. The maximum atomic E-state index is 9.09. The number of nitrogens with two attached hydrogens (primary N) is 1. The molecule has 0 rings (SSSR count). The van der Waals surface area contributed by atoms with Gasteiger partial charge in [0.05, 0.1) is 0 Å². The van der Waals surface area contributed by atoms with Gasteiger partial charge in [0.15, 0.2) is 0 Å². The van der Waals surface area contributed by atoms with Crippen molar-refractivity contribution in [3.8, 4) is 0 Å². The molecule has 2 nitrogen and oxygen atoms in total. The Labute approximate surface area is 66.7 Å². The largest absolute Gasteiger partial charge is 1.00 e. The Morgan fingerprint density at radius 1 is 1.83 bits per heavy atom. The van der Waals surface area contributed by atoms with Crippen molar-refractivity contribution in [2.24, 2.45) is 5.73 Å². The Bertz CT molecular complexity index is 40.7. The first-order chi connectivity index (χ1) is 1.73. The second-order valence-corrected chi connectivity index (χ2v) is 0.779. The number of hydrogen-bond acceptors (Lipinski definition) is 1. The average Bonchev–Trinajstić information content (AvgIpc) is 0.811. The van der Waals surface area contributed by atoms with Gasteiger partial charge < -0.3 is 7.16 Å². The molecule has 0 heterocycles. The molecule has 34 valence electrons. The average molecular weight is 117 g/mol. The number of hydrogen-bond donors (Lipinski definition) is 2. The van der Waals surface area contributed by atoms with Crippen LogP contribution in [-0.4, -0.2) is 5.24 Å². The van der Waals surface area contributed by atoms with E-state index in [-0.39, 0.29) is 38.4 Å². The van der Waals surface area contributed by atoms with Gasteiger partial charge in [-0.05, 0) is 0 Å². The van der Waals surface area contributed by atoms with Gasteiger partial charge >= 0.3 is 29.6 Å². The second kappa shape index (κ2) is 9.27. The summed E-state index contributed by atoms with van der Waals surface area (Å²) in [7, 11) is 0. The minimum Gasteiger partial charge on any atom is -1.00 e. The van der Waals surface area contributed by atoms with Crippen LogP contribution in [0.5, 0.6) is 0 Å². The molecule has 4 heteroatoms. The molecule has 0 aliphatic rings. The molecule has 6 heavy (non-hydrogen) atoms. The zero-order chi connectivity index (χ0) is 3.58.